The maximum absolute atomic E-state index is 14.6. The van der Waals surface area contributed by atoms with Crippen LogP contribution in [0.1, 0.15) is 144 Å². The van der Waals surface area contributed by atoms with Crippen LogP contribution in [0, 0.1) is 23.5 Å². The highest BCUT2D eigenvalue weighted by Gasteiger charge is 2.44. The highest BCUT2D eigenvalue weighted by atomic mass is 79.9. The minimum absolute atomic E-state index is 0.0561. The van der Waals surface area contributed by atoms with Gasteiger partial charge >= 0.3 is 19.3 Å². The summed E-state index contributed by atoms with van der Waals surface area (Å²) in [5.41, 5.74) is 9.70. The molecule has 2 N–H and O–H groups in total. The molecule has 4 unspecified atom stereocenters. The molecule has 2 aliphatic heterocycles. The minimum Gasteiger partial charge on any atom is -0.444 e. The first-order valence-corrected chi connectivity index (χ1v) is 40.5. The minimum atomic E-state index is -1.38. The van der Waals surface area contributed by atoms with E-state index in [0.29, 0.717) is 60.2 Å². The van der Waals surface area contributed by atoms with Crippen molar-refractivity contribution in [2.24, 2.45) is 11.8 Å². The van der Waals surface area contributed by atoms with Crippen molar-refractivity contribution in [1.29, 1.82) is 0 Å². The molecule has 4 atom stereocenters. The summed E-state index contributed by atoms with van der Waals surface area (Å²) in [5, 5.41) is 29.4. The van der Waals surface area contributed by atoms with Crippen LogP contribution in [-0.4, -0.2) is 118 Å². The zero-order valence-electron chi connectivity index (χ0n) is 66.6. The Balaban J connectivity index is 0.000000176. The Bertz CT molecular complexity index is 5590. The van der Waals surface area contributed by atoms with Crippen LogP contribution < -0.4 is 5.46 Å². The Kier molecular flexibility index (Phi) is 25.1. The lowest BCUT2D eigenvalue weighted by Crippen LogP contribution is -2.45. The highest BCUT2D eigenvalue weighted by molar-refractivity contribution is 9.10. The molecular formula is C98H92BBrF2N8O8. The molecule has 118 heavy (non-hydrogen) atoms. The molecule has 16 rings (SSSR count). The molecule has 20 heteroatoms. The molecule has 0 saturated carbocycles. The Hall–Kier alpha value is -12.4. The summed E-state index contributed by atoms with van der Waals surface area (Å²) in [7, 11) is -1.38. The summed E-state index contributed by atoms with van der Waals surface area (Å²) in [4.78, 5) is 66.6. The number of carbonyl (C=O) groups is 4. The number of ether oxygens (including phenoxy) is 2. The van der Waals surface area contributed by atoms with E-state index in [1.54, 1.807) is 58.6 Å². The van der Waals surface area contributed by atoms with Gasteiger partial charge in [0.05, 0.1) is 11.0 Å². The lowest BCUT2D eigenvalue weighted by Gasteiger charge is -2.39. The molecule has 16 nitrogen and oxygen atoms in total. The van der Waals surface area contributed by atoms with Gasteiger partial charge in [-0.2, -0.15) is 10.2 Å². The predicted octanol–water partition coefficient (Wildman–Crippen LogP) is 19.8. The van der Waals surface area contributed by atoms with Crippen LogP contribution in [0.25, 0.3) is 33.1 Å². The number of nitrogens with zero attached hydrogens (tertiary/aromatic N) is 8. The number of fused-ring (bicyclic) bond motifs is 2. The topological polar surface area (TPSA) is 195 Å². The van der Waals surface area contributed by atoms with E-state index in [1.165, 1.54) is 24.5 Å². The number of rotatable bonds is 18. The zero-order chi connectivity index (χ0) is 82.7. The molecule has 2 amide bonds. The predicted molar refractivity (Wildman–Crippen MR) is 462 cm³/mol. The SMILES string of the molecule is CC(C)(C)OC(=O)N1CCC(c2cccc(F)c2)C(CC(=O)c2ccc3c(c2)c(-c2ccncc2)nn3C(c2ccccc2)(c2ccccc2)c2ccccc2)C1.CC(C)(C)OC(=O)N1CCC(c2cccc(F)c2)C(CC(=O)c2ccc3c(c2)c(Br)nn3C(c2ccccc2)(c2ccccc2)c2ccccc2)C1.OB(O)c1ccncc1. The van der Waals surface area contributed by atoms with E-state index in [-0.39, 0.29) is 59.7 Å². The number of benzene rings is 10. The average molecular weight is 1640 g/mol. The van der Waals surface area contributed by atoms with Crippen molar-refractivity contribution in [2.45, 2.75) is 101 Å². The monoisotopic (exact) mass is 1640 g/mol. The molecule has 14 aromatic rings. The fraction of sp³-hybridized carbons (Fsp3) is 0.224. The normalized spacial score (nSPS) is 15.7. The van der Waals surface area contributed by atoms with Crippen LogP contribution in [0.5, 0.6) is 0 Å². The van der Waals surface area contributed by atoms with E-state index < -0.39 is 41.6 Å². The average Bonchev–Trinajstić information content (AvgIpc) is 1.58. The number of hydrogen-bond donors (Lipinski definition) is 2. The number of aromatic nitrogens is 6. The van der Waals surface area contributed by atoms with Gasteiger partial charge in [-0.05, 0) is 229 Å². The molecule has 10 aromatic carbocycles. The van der Waals surface area contributed by atoms with Crippen LogP contribution in [0.15, 0.2) is 321 Å². The molecule has 2 saturated heterocycles. The molecule has 6 heterocycles. The molecule has 4 aromatic heterocycles. The van der Waals surface area contributed by atoms with E-state index in [9.17, 15) is 28.0 Å². The smallest absolute Gasteiger partial charge is 0.444 e. The van der Waals surface area contributed by atoms with E-state index >= 15 is 0 Å². The second kappa shape index (κ2) is 36.0. The number of likely N-dealkylation sites (tertiary alicyclic amines) is 2. The third-order valence-corrected chi connectivity index (χ3v) is 22.5. The van der Waals surface area contributed by atoms with Gasteiger partial charge in [0.1, 0.15) is 44.2 Å². The summed E-state index contributed by atoms with van der Waals surface area (Å²) < 4.78 is 45.1. The first-order valence-electron chi connectivity index (χ1n) is 39.7. The molecular weight excluding hydrogens is 1550 g/mol. The van der Waals surface area contributed by atoms with E-state index in [1.807, 2.05) is 175 Å². The Morgan fingerprint density at radius 3 is 1.13 bits per heavy atom. The summed E-state index contributed by atoms with van der Waals surface area (Å²) in [6, 6.07) is 93.9. The number of piperidine rings is 2. The molecule has 596 valence electrons. The van der Waals surface area contributed by atoms with Gasteiger partial charge in [0.15, 0.2) is 11.6 Å². The quantitative estimate of drug-likeness (QED) is 0.0469. The number of pyridine rings is 2. The summed E-state index contributed by atoms with van der Waals surface area (Å²) in [5.74, 6) is -1.48. The lowest BCUT2D eigenvalue weighted by atomic mass is 9.77. The Labute approximate surface area is 695 Å². The summed E-state index contributed by atoms with van der Waals surface area (Å²) in [6.07, 6.45) is 7.22. The summed E-state index contributed by atoms with van der Waals surface area (Å²) >= 11 is 3.77. The molecule has 2 aliphatic rings. The van der Waals surface area contributed by atoms with Gasteiger partial charge < -0.3 is 29.3 Å². The Morgan fingerprint density at radius 1 is 0.432 bits per heavy atom. The van der Waals surface area contributed by atoms with Crippen LogP contribution in [-0.2, 0) is 20.6 Å². The highest BCUT2D eigenvalue weighted by Crippen LogP contribution is 2.48. The molecule has 0 aliphatic carbocycles. The van der Waals surface area contributed by atoms with Crippen LogP contribution in [0.3, 0.4) is 0 Å². The maximum Gasteiger partial charge on any atom is 0.488 e. The number of ketones is 2. The maximum atomic E-state index is 14.6. The van der Waals surface area contributed by atoms with Gasteiger partial charge in [-0.3, -0.25) is 19.6 Å². The molecule has 0 bridgehead atoms. The van der Waals surface area contributed by atoms with Gasteiger partial charge in [0.2, 0.25) is 0 Å². The second-order valence-electron chi connectivity index (χ2n) is 32.0. The van der Waals surface area contributed by atoms with Gasteiger partial charge in [0.25, 0.3) is 0 Å². The number of halogens is 3. The first kappa shape index (κ1) is 82.2. The molecule has 2 fully saturated rings. The number of carbonyl (C=O) groups excluding carboxylic acids is 4. The fourth-order valence-corrected chi connectivity index (χ4v) is 17.1. The van der Waals surface area contributed by atoms with Crippen molar-refractivity contribution in [3.63, 3.8) is 0 Å². The van der Waals surface area contributed by atoms with Crippen molar-refractivity contribution < 1.29 is 47.5 Å². The summed E-state index contributed by atoms with van der Waals surface area (Å²) in [6.45, 7) is 12.6. The van der Waals surface area contributed by atoms with Crippen LogP contribution >= 0.6 is 15.9 Å². The van der Waals surface area contributed by atoms with Gasteiger partial charge in [-0.15, -0.1) is 0 Å². The molecule has 0 radical (unpaired) electrons. The standard InChI is InChI=1S/C49H45FN4O3.C44H41BrFN3O3.C5H6BNO2/c1-48(2,3)57-47(56)53-29-26-42(35-14-13-21-41(50)30-35)37(33-53)32-45(55)36-22-23-44-43(31-36)46(34-24-27-51-28-25-34)52-54(44)49(38-15-7-4-8-16-38,39-17-9-5-10-18-39)40-19-11-6-12-20-40;1-43(2,3)52-42(51)48-25-24-37(30-14-13-21-36(46)26-30)32(29-48)28-40(50)31-22-23-39-38(27-31)41(45)47-49(39)44(33-15-7-4-8-16-33,34-17-9-5-10-18-34)35-19-11-6-12-20-35;8-6(9)5-1-3-7-4-2-5/h4-25,27-28,30-31,37,42H,26,29,32-33H2,1-3H3;4-23,26-27,32,37H,24-25,28-29H2,1-3H3;1-4,8-9H. The van der Waals surface area contributed by atoms with Crippen molar-refractivity contribution in [3.8, 4) is 11.3 Å². The second-order valence-corrected chi connectivity index (χ2v) is 32.7. The van der Waals surface area contributed by atoms with Crippen molar-refractivity contribution in [1.82, 2.24) is 39.3 Å². The van der Waals surface area contributed by atoms with Crippen molar-refractivity contribution >= 4 is 74.1 Å². The van der Waals surface area contributed by atoms with E-state index in [2.05, 4.69) is 144 Å². The first-order chi connectivity index (χ1) is 57.0. The Morgan fingerprint density at radius 2 is 0.780 bits per heavy atom. The number of amides is 2. The number of Topliss-reactive ketones (excluding diaryl/α,β-unsaturated/α-hetero) is 2. The van der Waals surface area contributed by atoms with Crippen LogP contribution in [0.4, 0.5) is 18.4 Å². The van der Waals surface area contributed by atoms with E-state index in [4.69, 9.17) is 29.7 Å². The zero-order valence-corrected chi connectivity index (χ0v) is 68.2. The van der Waals surface area contributed by atoms with Crippen LogP contribution in [0.2, 0.25) is 0 Å². The van der Waals surface area contributed by atoms with Gasteiger partial charge in [-0.25, -0.2) is 27.7 Å². The third-order valence-electron chi connectivity index (χ3n) is 21.9. The molecule has 0 spiro atoms. The van der Waals surface area contributed by atoms with Crippen molar-refractivity contribution in [3.05, 3.63) is 388 Å². The van der Waals surface area contributed by atoms with Gasteiger partial charge in [-0.1, -0.05) is 206 Å². The largest absolute Gasteiger partial charge is 0.488 e. The van der Waals surface area contributed by atoms with E-state index in [0.717, 1.165) is 77.6 Å². The lowest BCUT2D eigenvalue weighted by molar-refractivity contribution is 0.0131. The van der Waals surface area contributed by atoms with Gasteiger partial charge in [0, 0.05) is 91.3 Å². The number of hydrogen-bond acceptors (Lipinski definition) is 12. The third kappa shape index (κ3) is 18.1. The van der Waals surface area contributed by atoms with Crippen molar-refractivity contribution in [2.75, 3.05) is 26.2 Å². The fourth-order valence-electron chi connectivity index (χ4n) is 16.7.